The first-order chi connectivity index (χ1) is 20.4. The van der Waals surface area contributed by atoms with Crippen LogP contribution in [0.25, 0.3) is 0 Å². The number of nitrogens with one attached hydrogen (secondary N) is 1. The molecule has 4 heterocycles. The molecule has 0 fully saturated rings. The van der Waals surface area contributed by atoms with Crippen molar-refractivity contribution >= 4 is 129 Å². The molecule has 2 aliphatic rings. The van der Waals surface area contributed by atoms with Gasteiger partial charge < -0.3 is 19.7 Å². The first-order valence-corrected chi connectivity index (χ1v) is 16.8. The van der Waals surface area contributed by atoms with Gasteiger partial charge >= 0.3 is 11.9 Å². The van der Waals surface area contributed by atoms with Gasteiger partial charge in [-0.25, -0.2) is 19.6 Å². The van der Waals surface area contributed by atoms with E-state index in [9.17, 15) is 9.59 Å². The van der Waals surface area contributed by atoms with Gasteiger partial charge in [0.05, 0.1) is 21.4 Å². The third-order valence-corrected chi connectivity index (χ3v) is 8.25. The molecule has 0 aliphatic carbocycles. The number of hydrogen-bond acceptors (Lipinski definition) is 8. The lowest BCUT2D eigenvalue weighted by molar-refractivity contribution is -0.135. The number of rotatable bonds is 9. The number of cyclic esters (lactones) is 2. The summed E-state index contributed by atoms with van der Waals surface area (Å²) >= 11 is 43.1. The van der Waals surface area contributed by atoms with Crippen molar-refractivity contribution in [2.24, 2.45) is 0 Å². The molecule has 0 amide bonds. The Hall–Kier alpha value is -1.02. The molecule has 0 unspecified atom stereocenters. The number of allylic oxidation sites excluding steroid dienone is 1. The fraction of sp³-hybridized carbons (Fsp3) is 0.231. The molecule has 0 spiro atoms. The number of aromatic nitrogens is 2. The van der Waals surface area contributed by atoms with E-state index in [4.69, 9.17) is 79.1 Å². The van der Waals surface area contributed by atoms with E-state index < -0.39 is 0 Å². The number of nitrogens with zero attached hydrogens (tertiary/aromatic N) is 3. The van der Waals surface area contributed by atoms with Crippen molar-refractivity contribution in [2.75, 3.05) is 25.1 Å². The van der Waals surface area contributed by atoms with Gasteiger partial charge in [-0.1, -0.05) is 85.5 Å². The van der Waals surface area contributed by atoms with Crippen LogP contribution < -0.4 is 5.32 Å². The van der Waals surface area contributed by atoms with Gasteiger partial charge in [-0.2, -0.15) is 0 Å². The Balaban J connectivity index is 0.000000259. The maximum Gasteiger partial charge on any atom is 0.333 e. The van der Waals surface area contributed by atoms with Crippen LogP contribution in [-0.2, 0) is 32.2 Å². The van der Waals surface area contributed by atoms with Crippen LogP contribution in [0.5, 0.6) is 0 Å². The van der Waals surface area contributed by atoms with Gasteiger partial charge in [0, 0.05) is 49.5 Å². The van der Waals surface area contributed by atoms with Crippen molar-refractivity contribution in [3.8, 4) is 0 Å². The van der Waals surface area contributed by atoms with Gasteiger partial charge in [0.15, 0.2) is 0 Å². The molecule has 8 nitrogen and oxygen atoms in total. The van der Waals surface area contributed by atoms with Crippen LogP contribution in [0, 0.1) is 0 Å². The predicted octanol–water partition coefficient (Wildman–Crippen LogP) is 8.79. The first kappa shape index (κ1) is 38.2. The van der Waals surface area contributed by atoms with E-state index in [0.717, 1.165) is 27.9 Å². The van der Waals surface area contributed by atoms with Crippen molar-refractivity contribution in [3.63, 3.8) is 0 Å². The minimum atomic E-state index is -0.358. The number of ether oxygens (including phenoxy) is 2. The molecule has 0 bridgehead atoms. The number of halogens is 9. The Kier molecular flexibility index (Phi) is 17.9. The third-order valence-electron chi connectivity index (χ3n) is 5.01. The molecule has 2 aliphatic heterocycles. The monoisotopic (exact) mass is 900 g/mol. The van der Waals surface area contributed by atoms with Crippen molar-refractivity contribution < 1.29 is 19.1 Å². The van der Waals surface area contributed by atoms with Crippen LogP contribution in [0.15, 0.2) is 78.4 Å². The highest BCUT2D eigenvalue weighted by Crippen LogP contribution is 2.23. The highest BCUT2D eigenvalue weighted by atomic mass is 79.9. The molecular weight excluding hydrogens is 885 g/mol. The molecule has 43 heavy (non-hydrogen) atoms. The second-order valence-corrected chi connectivity index (χ2v) is 13.1. The Morgan fingerprint density at radius 1 is 0.884 bits per heavy atom. The summed E-state index contributed by atoms with van der Waals surface area (Å²) in [5, 5.41) is 4.88. The van der Waals surface area contributed by atoms with Crippen LogP contribution in [0.2, 0.25) is 10.0 Å². The Labute approximate surface area is 303 Å². The lowest BCUT2D eigenvalue weighted by Crippen LogP contribution is -2.24. The van der Waals surface area contributed by atoms with Crippen LogP contribution in [0.1, 0.15) is 11.1 Å². The van der Waals surface area contributed by atoms with E-state index in [-0.39, 0.29) is 23.0 Å². The highest BCUT2D eigenvalue weighted by Gasteiger charge is 2.19. The van der Waals surface area contributed by atoms with Gasteiger partial charge in [0.2, 0.25) is 0 Å². The molecule has 0 saturated heterocycles. The summed E-state index contributed by atoms with van der Waals surface area (Å²) in [6.45, 7) is 2.03. The maximum atomic E-state index is 11.2. The summed E-state index contributed by atoms with van der Waals surface area (Å²) in [7, 11) is 0. The summed E-state index contributed by atoms with van der Waals surface area (Å²) in [4.78, 5) is 32.1. The molecular formula is C26H21Br3Cl6N4O4. The summed E-state index contributed by atoms with van der Waals surface area (Å²) in [5.74, 6) is -0.669. The van der Waals surface area contributed by atoms with Crippen molar-refractivity contribution in [2.45, 2.75) is 13.1 Å². The van der Waals surface area contributed by atoms with E-state index in [1.807, 2.05) is 11.0 Å². The van der Waals surface area contributed by atoms with Crippen LogP contribution in [0.3, 0.4) is 0 Å². The lowest BCUT2D eigenvalue weighted by Gasteiger charge is -2.23. The number of hydrogen-bond donors (Lipinski definition) is 1. The molecule has 17 heteroatoms. The first-order valence-electron chi connectivity index (χ1n) is 11.8. The zero-order valence-corrected chi connectivity index (χ0v) is 31.0. The summed E-state index contributed by atoms with van der Waals surface area (Å²) in [6.07, 6.45) is 9.59. The van der Waals surface area contributed by atoms with E-state index in [1.54, 1.807) is 30.6 Å². The second kappa shape index (κ2) is 20.2. The SMILES string of the molecule is ClC(Cl)=CCBr.O=C1C=C(N(CC=C(Cl)Cl)Cc2cnc(Br)c(Cl)c2)CO1.O=C1C=C(NCc2cnc(Br)c(Cl)c2)CO1. The Bertz CT molecular complexity index is 1420. The van der Waals surface area contributed by atoms with Gasteiger partial charge in [0.25, 0.3) is 0 Å². The van der Waals surface area contributed by atoms with E-state index in [1.165, 1.54) is 12.2 Å². The zero-order chi connectivity index (χ0) is 31.9. The van der Waals surface area contributed by atoms with E-state index in [0.29, 0.717) is 50.0 Å². The van der Waals surface area contributed by atoms with Crippen LogP contribution in [0.4, 0.5) is 0 Å². The highest BCUT2D eigenvalue weighted by molar-refractivity contribution is 9.10. The average Bonchev–Trinajstić information content (AvgIpc) is 3.57. The molecule has 4 rings (SSSR count). The van der Waals surface area contributed by atoms with Crippen LogP contribution >= 0.6 is 117 Å². The largest absolute Gasteiger partial charge is 0.456 e. The topological polar surface area (TPSA) is 93.7 Å². The fourth-order valence-corrected chi connectivity index (χ4v) is 4.89. The minimum absolute atomic E-state index is 0.165. The van der Waals surface area contributed by atoms with Crippen molar-refractivity contribution in [3.05, 3.63) is 99.6 Å². The molecule has 1 N–H and O–H groups in total. The van der Waals surface area contributed by atoms with Crippen molar-refractivity contribution in [1.82, 2.24) is 20.2 Å². The number of carbonyl (C=O) groups excluding carboxylic acids is 2. The number of pyridine rings is 2. The molecule has 0 saturated carbocycles. The summed E-state index contributed by atoms with van der Waals surface area (Å²) in [5.41, 5.74) is 3.35. The van der Waals surface area contributed by atoms with Gasteiger partial charge in [-0.05, 0) is 67.3 Å². The van der Waals surface area contributed by atoms with Gasteiger partial charge in [-0.3, -0.25) is 0 Å². The van der Waals surface area contributed by atoms with E-state index >= 15 is 0 Å². The average molecular weight is 906 g/mol. The summed E-state index contributed by atoms with van der Waals surface area (Å²) < 4.78 is 11.4. The molecule has 2 aromatic rings. The second-order valence-electron chi connectivity index (χ2n) is 8.13. The molecule has 0 radical (unpaired) electrons. The van der Waals surface area contributed by atoms with Crippen LogP contribution in [-0.4, -0.2) is 51.9 Å². The quantitative estimate of drug-likeness (QED) is 0.152. The third kappa shape index (κ3) is 15.2. The normalized spacial score (nSPS) is 13.2. The lowest BCUT2D eigenvalue weighted by atomic mass is 10.2. The smallest absolute Gasteiger partial charge is 0.333 e. The minimum Gasteiger partial charge on any atom is -0.456 e. The Morgan fingerprint density at radius 3 is 1.91 bits per heavy atom. The van der Waals surface area contributed by atoms with E-state index in [2.05, 4.69) is 63.1 Å². The molecule has 0 atom stereocenters. The van der Waals surface area contributed by atoms with Crippen molar-refractivity contribution in [1.29, 1.82) is 0 Å². The van der Waals surface area contributed by atoms with Gasteiger partial charge in [-0.15, -0.1) is 0 Å². The predicted molar refractivity (Wildman–Crippen MR) is 183 cm³/mol. The zero-order valence-electron chi connectivity index (χ0n) is 21.7. The maximum absolute atomic E-state index is 11.2. The molecule has 2 aromatic heterocycles. The molecule has 232 valence electrons. The summed E-state index contributed by atoms with van der Waals surface area (Å²) in [6, 6.07) is 3.61. The van der Waals surface area contributed by atoms with Gasteiger partial charge in [0.1, 0.15) is 31.4 Å². The fourth-order valence-electron chi connectivity index (χ4n) is 3.09. The number of esters is 2. The standard InChI is InChI=1S/C13H10BrCl3N2O2.C10H8BrClN2O2.C3H3BrCl2/c14-13-10(15)3-8(5-18-13)6-19(2-1-11(16)17)9-4-12(20)21-7-9;11-10-8(12)1-6(4-14-10)3-13-7-2-9(15)16-5-7;4-2-1-3(5)6/h1,3-5H,2,6-7H2;1-2,4,13H,3,5H2;1H,2H2. The molecule has 0 aromatic carbocycles. The Morgan fingerprint density at radius 2 is 1.44 bits per heavy atom. The number of carbonyl (C=O) groups is 2. The number of alkyl halides is 1.